The molecule has 1 aliphatic heterocycles. The lowest BCUT2D eigenvalue weighted by molar-refractivity contribution is 0.0574. The van der Waals surface area contributed by atoms with Crippen molar-refractivity contribution in [1.82, 2.24) is 14.8 Å². The largest absolute Gasteiger partial charge is 0.335 e. The van der Waals surface area contributed by atoms with Gasteiger partial charge < -0.3 is 4.90 Å². The summed E-state index contributed by atoms with van der Waals surface area (Å²) in [6.45, 7) is 7.81. The fourth-order valence-corrected chi connectivity index (χ4v) is 2.47. The maximum Gasteiger partial charge on any atom is 0.272 e. The van der Waals surface area contributed by atoms with E-state index in [4.69, 9.17) is 11.6 Å². The smallest absolute Gasteiger partial charge is 0.272 e. The molecule has 1 aliphatic rings. The quantitative estimate of drug-likeness (QED) is 0.853. The Kier molecular flexibility index (Phi) is 4.77. The highest BCUT2D eigenvalue weighted by Gasteiger charge is 2.24. The zero-order valence-electron chi connectivity index (χ0n) is 11.5. The van der Waals surface area contributed by atoms with Crippen LogP contribution >= 0.6 is 11.6 Å². The van der Waals surface area contributed by atoms with Gasteiger partial charge in [0.1, 0.15) is 5.69 Å². The Hall–Kier alpha value is -1.13. The minimum absolute atomic E-state index is 0.0219. The van der Waals surface area contributed by atoms with E-state index in [2.05, 4.69) is 23.7 Å². The summed E-state index contributed by atoms with van der Waals surface area (Å²) in [5.74, 6) is -0.0219. The highest BCUT2D eigenvalue weighted by Crippen LogP contribution is 2.13. The molecule has 104 valence electrons. The number of rotatable bonds is 3. The van der Waals surface area contributed by atoms with Crippen molar-refractivity contribution in [2.75, 3.05) is 26.2 Å². The number of carbonyl (C=O) groups is 1. The second-order valence-electron chi connectivity index (χ2n) is 4.94. The zero-order valence-corrected chi connectivity index (χ0v) is 12.2. The number of hydrogen-bond acceptors (Lipinski definition) is 3. The van der Waals surface area contributed by atoms with Gasteiger partial charge in [-0.15, -0.1) is 0 Å². The minimum Gasteiger partial charge on any atom is -0.335 e. The highest BCUT2D eigenvalue weighted by atomic mass is 35.5. The van der Waals surface area contributed by atoms with Gasteiger partial charge in [0.05, 0.1) is 0 Å². The molecule has 0 aliphatic carbocycles. The van der Waals surface area contributed by atoms with Crippen molar-refractivity contribution in [3.05, 3.63) is 29.0 Å². The molecule has 4 nitrogen and oxygen atoms in total. The molecule has 0 bridgehead atoms. The molecule has 1 atom stereocenters. The van der Waals surface area contributed by atoms with Gasteiger partial charge in [-0.2, -0.15) is 0 Å². The van der Waals surface area contributed by atoms with Gasteiger partial charge in [-0.25, -0.2) is 0 Å². The number of hydrogen-bond donors (Lipinski definition) is 0. The van der Waals surface area contributed by atoms with Crippen LogP contribution in [0.3, 0.4) is 0 Å². The van der Waals surface area contributed by atoms with Crippen molar-refractivity contribution in [2.24, 2.45) is 0 Å². The lowest BCUT2D eigenvalue weighted by Crippen LogP contribution is -2.51. The van der Waals surface area contributed by atoms with Crippen molar-refractivity contribution >= 4 is 17.5 Å². The van der Waals surface area contributed by atoms with Crippen LogP contribution in [0.15, 0.2) is 18.3 Å². The lowest BCUT2D eigenvalue weighted by atomic mass is 10.2. The van der Waals surface area contributed by atoms with E-state index < -0.39 is 0 Å². The summed E-state index contributed by atoms with van der Waals surface area (Å²) in [4.78, 5) is 20.7. The molecule has 0 saturated carbocycles. The number of halogens is 1. The van der Waals surface area contributed by atoms with Gasteiger partial charge in [0.15, 0.2) is 0 Å². The molecule has 1 fully saturated rings. The van der Waals surface area contributed by atoms with Gasteiger partial charge in [-0.1, -0.05) is 18.5 Å². The van der Waals surface area contributed by atoms with Crippen LogP contribution in [0.25, 0.3) is 0 Å². The summed E-state index contributed by atoms with van der Waals surface area (Å²) in [5, 5.41) is 0.552. The summed E-state index contributed by atoms with van der Waals surface area (Å²) in [7, 11) is 0. The Morgan fingerprint density at radius 2 is 2.11 bits per heavy atom. The Bertz CT molecular complexity index is 444. The standard InChI is InChI=1S/C14H20ClN3O/c1-3-11(2)17-6-8-18(9-7-17)14(19)13-10-12(15)4-5-16-13/h4-5,10-11H,3,6-9H2,1-2H3. The van der Waals surface area contributed by atoms with Gasteiger partial charge in [0.2, 0.25) is 0 Å². The monoisotopic (exact) mass is 281 g/mol. The van der Waals surface area contributed by atoms with E-state index in [0.717, 1.165) is 32.6 Å². The van der Waals surface area contributed by atoms with Crippen molar-refractivity contribution in [3.63, 3.8) is 0 Å². The SMILES string of the molecule is CCC(C)N1CCN(C(=O)c2cc(Cl)ccn2)CC1. The van der Waals surface area contributed by atoms with Crippen LogP contribution < -0.4 is 0 Å². The number of carbonyl (C=O) groups excluding carboxylic acids is 1. The van der Waals surface area contributed by atoms with Crippen molar-refractivity contribution in [2.45, 2.75) is 26.3 Å². The number of piperazine rings is 1. The third-order valence-corrected chi connectivity index (χ3v) is 3.99. The van der Waals surface area contributed by atoms with E-state index in [0.29, 0.717) is 16.8 Å². The predicted octanol–water partition coefficient (Wildman–Crippen LogP) is 2.29. The van der Waals surface area contributed by atoms with Gasteiger partial charge in [-0.05, 0) is 25.5 Å². The first-order valence-electron chi connectivity index (χ1n) is 6.76. The highest BCUT2D eigenvalue weighted by molar-refractivity contribution is 6.30. The van der Waals surface area contributed by atoms with Gasteiger partial charge in [-0.3, -0.25) is 14.7 Å². The zero-order chi connectivity index (χ0) is 13.8. The van der Waals surface area contributed by atoms with Gasteiger partial charge >= 0.3 is 0 Å². The van der Waals surface area contributed by atoms with E-state index in [1.54, 1.807) is 18.3 Å². The maximum absolute atomic E-state index is 12.3. The topological polar surface area (TPSA) is 36.4 Å². The summed E-state index contributed by atoms with van der Waals surface area (Å²) in [6, 6.07) is 3.89. The molecule has 19 heavy (non-hydrogen) atoms. The first-order valence-corrected chi connectivity index (χ1v) is 7.14. The summed E-state index contributed by atoms with van der Waals surface area (Å²) < 4.78 is 0. The van der Waals surface area contributed by atoms with E-state index in [1.807, 2.05) is 4.90 Å². The molecular weight excluding hydrogens is 262 g/mol. The Balaban J connectivity index is 1.96. The molecule has 0 radical (unpaired) electrons. The second-order valence-corrected chi connectivity index (χ2v) is 5.38. The second kappa shape index (κ2) is 6.35. The fraction of sp³-hybridized carbons (Fsp3) is 0.571. The lowest BCUT2D eigenvalue weighted by Gasteiger charge is -2.37. The maximum atomic E-state index is 12.3. The van der Waals surface area contributed by atoms with Crippen LogP contribution in [0.5, 0.6) is 0 Å². The van der Waals surface area contributed by atoms with Crippen LogP contribution in [0.2, 0.25) is 5.02 Å². The van der Waals surface area contributed by atoms with Crippen LogP contribution in [-0.4, -0.2) is 52.9 Å². The molecule has 1 saturated heterocycles. The predicted molar refractivity (Wildman–Crippen MR) is 76.5 cm³/mol. The minimum atomic E-state index is -0.0219. The third kappa shape index (κ3) is 3.45. The normalized spacial score (nSPS) is 18.4. The number of aromatic nitrogens is 1. The Morgan fingerprint density at radius 3 is 2.68 bits per heavy atom. The molecule has 1 amide bonds. The molecule has 0 spiro atoms. The molecular formula is C14H20ClN3O. The first-order chi connectivity index (χ1) is 9.11. The van der Waals surface area contributed by atoms with Crippen LogP contribution in [0, 0.1) is 0 Å². The molecule has 0 aromatic carbocycles. The van der Waals surface area contributed by atoms with Crippen LogP contribution in [0.1, 0.15) is 30.8 Å². The third-order valence-electron chi connectivity index (χ3n) is 3.76. The molecule has 2 rings (SSSR count). The first kappa shape index (κ1) is 14.3. The van der Waals surface area contributed by atoms with Gasteiger partial charge in [0, 0.05) is 43.4 Å². The average molecular weight is 282 g/mol. The van der Waals surface area contributed by atoms with Crippen LogP contribution in [0.4, 0.5) is 0 Å². The summed E-state index contributed by atoms with van der Waals surface area (Å²) >= 11 is 5.89. The fourth-order valence-electron chi connectivity index (χ4n) is 2.31. The number of nitrogens with zero attached hydrogens (tertiary/aromatic N) is 3. The van der Waals surface area contributed by atoms with E-state index in [1.165, 1.54) is 0 Å². The number of amides is 1. The molecule has 5 heteroatoms. The summed E-state index contributed by atoms with van der Waals surface area (Å²) in [6.07, 6.45) is 2.72. The van der Waals surface area contributed by atoms with Crippen molar-refractivity contribution in [1.29, 1.82) is 0 Å². The summed E-state index contributed by atoms with van der Waals surface area (Å²) in [5.41, 5.74) is 0.435. The van der Waals surface area contributed by atoms with E-state index in [9.17, 15) is 4.79 Å². The van der Waals surface area contributed by atoms with Crippen molar-refractivity contribution < 1.29 is 4.79 Å². The molecule has 0 N–H and O–H groups in total. The van der Waals surface area contributed by atoms with Crippen LogP contribution in [-0.2, 0) is 0 Å². The van der Waals surface area contributed by atoms with E-state index >= 15 is 0 Å². The molecule has 1 aromatic rings. The Labute approximate surface area is 119 Å². The van der Waals surface area contributed by atoms with E-state index in [-0.39, 0.29) is 5.91 Å². The van der Waals surface area contributed by atoms with Gasteiger partial charge in [0.25, 0.3) is 5.91 Å². The molecule has 1 unspecified atom stereocenters. The number of pyridine rings is 1. The molecule has 1 aromatic heterocycles. The van der Waals surface area contributed by atoms with Crippen molar-refractivity contribution in [3.8, 4) is 0 Å². The molecule has 2 heterocycles. The average Bonchev–Trinajstić information content (AvgIpc) is 2.46. The Morgan fingerprint density at radius 1 is 1.42 bits per heavy atom.